The van der Waals surface area contributed by atoms with Crippen LogP contribution < -0.4 is 0 Å². The van der Waals surface area contributed by atoms with Gasteiger partial charge in [-0.25, -0.2) is 0 Å². The minimum Gasteiger partial charge on any atom is -0.306 e. The topological polar surface area (TPSA) is 6.48 Å². The van der Waals surface area contributed by atoms with E-state index >= 15 is 0 Å². The van der Waals surface area contributed by atoms with Gasteiger partial charge < -0.3 is 9.80 Å². The van der Waals surface area contributed by atoms with Crippen molar-refractivity contribution in [1.82, 2.24) is 9.80 Å². The molecule has 2 aliphatic heterocycles. The molecule has 0 amide bonds. The summed E-state index contributed by atoms with van der Waals surface area (Å²) in [6.07, 6.45) is 5.09. The van der Waals surface area contributed by atoms with E-state index in [1.165, 1.54) is 51.0 Å². The fourth-order valence-corrected chi connectivity index (χ4v) is 4.51. The van der Waals surface area contributed by atoms with Crippen molar-refractivity contribution >= 4 is 23.2 Å². The fourth-order valence-electron chi connectivity index (χ4n) is 4.19. The molecule has 0 spiro atoms. The molecule has 1 aromatic carbocycles. The molecule has 128 valence electrons. The van der Waals surface area contributed by atoms with Gasteiger partial charge in [0.1, 0.15) is 0 Å². The third-order valence-corrected chi connectivity index (χ3v) is 6.54. The second kappa shape index (κ2) is 7.74. The molecule has 2 atom stereocenters. The Kier molecular flexibility index (Phi) is 5.90. The molecule has 0 unspecified atom stereocenters. The normalized spacial score (nSPS) is 28.2. The minimum atomic E-state index is 0.653. The lowest BCUT2D eigenvalue weighted by Gasteiger charge is -2.43. The van der Waals surface area contributed by atoms with Crippen molar-refractivity contribution in [2.45, 2.75) is 38.6 Å². The molecule has 1 aromatic rings. The Labute approximate surface area is 150 Å². The Morgan fingerprint density at radius 3 is 2.43 bits per heavy atom. The van der Waals surface area contributed by atoms with E-state index in [4.69, 9.17) is 23.2 Å². The average Bonchev–Trinajstić information content (AvgIpc) is 2.53. The van der Waals surface area contributed by atoms with E-state index in [-0.39, 0.29) is 0 Å². The summed E-state index contributed by atoms with van der Waals surface area (Å²) in [5.41, 5.74) is 1.32. The number of piperidine rings is 2. The van der Waals surface area contributed by atoms with Gasteiger partial charge in [0.2, 0.25) is 0 Å². The van der Waals surface area contributed by atoms with Crippen LogP contribution in [0.4, 0.5) is 0 Å². The van der Waals surface area contributed by atoms with Crippen molar-refractivity contribution in [2.75, 3.05) is 33.2 Å². The number of rotatable bonds is 3. The molecule has 0 aliphatic carbocycles. The summed E-state index contributed by atoms with van der Waals surface area (Å²) >= 11 is 12.2. The molecule has 23 heavy (non-hydrogen) atoms. The Balaban J connectivity index is 1.55. The van der Waals surface area contributed by atoms with E-state index in [1.807, 2.05) is 12.1 Å². The molecule has 0 N–H and O–H groups in total. The van der Waals surface area contributed by atoms with Gasteiger partial charge in [-0.15, -0.1) is 0 Å². The van der Waals surface area contributed by atoms with Crippen LogP contribution in [0.5, 0.6) is 0 Å². The summed E-state index contributed by atoms with van der Waals surface area (Å²) < 4.78 is 0. The molecule has 2 heterocycles. The zero-order valence-corrected chi connectivity index (χ0v) is 15.8. The van der Waals surface area contributed by atoms with Crippen molar-refractivity contribution in [1.29, 1.82) is 0 Å². The van der Waals surface area contributed by atoms with Gasteiger partial charge in [0.25, 0.3) is 0 Å². The summed E-state index contributed by atoms with van der Waals surface area (Å²) in [6.45, 7) is 7.43. The van der Waals surface area contributed by atoms with Crippen molar-refractivity contribution in [3.8, 4) is 0 Å². The van der Waals surface area contributed by atoms with Gasteiger partial charge >= 0.3 is 0 Å². The van der Waals surface area contributed by atoms with Gasteiger partial charge in [0, 0.05) is 12.6 Å². The smallest absolute Gasteiger partial charge is 0.0595 e. The SMILES string of the molecule is C[C@@H]1CN(C2CCN(C)CC2)CC[C@@H]1Cc1ccc(Cl)c(Cl)c1. The predicted molar refractivity (Wildman–Crippen MR) is 99.5 cm³/mol. The second-order valence-electron chi connectivity index (χ2n) is 7.51. The Bertz CT molecular complexity index is 526. The van der Waals surface area contributed by atoms with E-state index in [2.05, 4.69) is 29.8 Å². The van der Waals surface area contributed by atoms with E-state index in [0.29, 0.717) is 10.0 Å². The monoisotopic (exact) mass is 354 g/mol. The predicted octanol–water partition coefficient (Wildman–Crippen LogP) is 4.59. The molecule has 3 rings (SSSR count). The molecule has 2 fully saturated rings. The van der Waals surface area contributed by atoms with Gasteiger partial charge in [-0.05, 0) is 81.9 Å². The van der Waals surface area contributed by atoms with Crippen LogP contribution in [-0.2, 0) is 6.42 Å². The molecular weight excluding hydrogens is 327 g/mol. The van der Waals surface area contributed by atoms with Crippen molar-refractivity contribution in [2.24, 2.45) is 11.8 Å². The molecule has 2 aliphatic rings. The zero-order valence-electron chi connectivity index (χ0n) is 14.3. The quantitative estimate of drug-likeness (QED) is 0.783. The van der Waals surface area contributed by atoms with Gasteiger partial charge in [-0.2, -0.15) is 0 Å². The number of hydrogen-bond acceptors (Lipinski definition) is 2. The van der Waals surface area contributed by atoms with Crippen LogP contribution in [0, 0.1) is 11.8 Å². The van der Waals surface area contributed by atoms with Gasteiger partial charge in [-0.3, -0.25) is 0 Å². The van der Waals surface area contributed by atoms with E-state index in [1.54, 1.807) is 0 Å². The third-order valence-electron chi connectivity index (χ3n) is 5.80. The standard InChI is InChI=1S/C19H28Cl2N2/c1-14-13-23(17-6-8-22(2)9-7-17)10-5-16(14)11-15-3-4-18(20)19(21)12-15/h3-4,12,14,16-17H,5-11,13H2,1-2H3/t14-,16-/m1/s1. The lowest BCUT2D eigenvalue weighted by Crippen LogP contribution is -2.49. The first-order valence-corrected chi connectivity index (χ1v) is 9.65. The molecule has 2 nitrogen and oxygen atoms in total. The van der Waals surface area contributed by atoms with E-state index in [0.717, 1.165) is 24.3 Å². The molecule has 2 saturated heterocycles. The van der Waals surface area contributed by atoms with E-state index < -0.39 is 0 Å². The fraction of sp³-hybridized carbons (Fsp3) is 0.684. The van der Waals surface area contributed by atoms with Crippen LogP contribution in [-0.4, -0.2) is 49.1 Å². The number of likely N-dealkylation sites (tertiary alicyclic amines) is 2. The number of hydrogen-bond donors (Lipinski definition) is 0. The Hall–Kier alpha value is -0.280. The van der Waals surface area contributed by atoms with Crippen LogP contribution in [0.3, 0.4) is 0 Å². The molecule has 0 radical (unpaired) electrons. The van der Waals surface area contributed by atoms with Crippen LogP contribution in [0.15, 0.2) is 18.2 Å². The van der Waals surface area contributed by atoms with Crippen LogP contribution in [0.1, 0.15) is 31.7 Å². The highest BCUT2D eigenvalue weighted by molar-refractivity contribution is 6.42. The van der Waals surface area contributed by atoms with Crippen molar-refractivity contribution in [3.05, 3.63) is 33.8 Å². The highest BCUT2D eigenvalue weighted by atomic mass is 35.5. The van der Waals surface area contributed by atoms with Crippen LogP contribution in [0.25, 0.3) is 0 Å². The summed E-state index contributed by atoms with van der Waals surface area (Å²) in [5, 5.41) is 1.33. The lowest BCUT2D eigenvalue weighted by molar-refractivity contribution is 0.0569. The minimum absolute atomic E-state index is 0.653. The van der Waals surface area contributed by atoms with Crippen molar-refractivity contribution < 1.29 is 0 Å². The average molecular weight is 355 g/mol. The first kappa shape index (κ1) is 17.5. The van der Waals surface area contributed by atoms with Crippen LogP contribution >= 0.6 is 23.2 Å². The molecule has 0 bridgehead atoms. The second-order valence-corrected chi connectivity index (χ2v) is 8.32. The Morgan fingerprint density at radius 1 is 1.04 bits per heavy atom. The molecule has 4 heteroatoms. The maximum absolute atomic E-state index is 6.16. The van der Waals surface area contributed by atoms with Crippen LogP contribution in [0.2, 0.25) is 10.0 Å². The van der Waals surface area contributed by atoms with Gasteiger partial charge in [0.15, 0.2) is 0 Å². The largest absolute Gasteiger partial charge is 0.306 e. The number of benzene rings is 1. The van der Waals surface area contributed by atoms with Gasteiger partial charge in [-0.1, -0.05) is 36.2 Å². The summed E-state index contributed by atoms with van der Waals surface area (Å²) in [7, 11) is 2.24. The highest BCUT2D eigenvalue weighted by Gasteiger charge is 2.31. The lowest BCUT2D eigenvalue weighted by atomic mass is 9.81. The maximum atomic E-state index is 6.16. The van der Waals surface area contributed by atoms with Gasteiger partial charge in [0.05, 0.1) is 10.0 Å². The first-order chi connectivity index (χ1) is 11.0. The Morgan fingerprint density at radius 2 is 1.78 bits per heavy atom. The zero-order chi connectivity index (χ0) is 16.4. The maximum Gasteiger partial charge on any atom is 0.0595 e. The third kappa shape index (κ3) is 4.42. The van der Waals surface area contributed by atoms with Crippen molar-refractivity contribution in [3.63, 3.8) is 0 Å². The molecule has 0 aromatic heterocycles. The highest BCUT2D eigenvalue weighted by Crippen LogP contribution is 2.31. The first-order valence-electron chi connectivity index (χ1n) is 8.89. The number of nitrogens with zero attached hydrogens (tertiary/aromatic N) is 2. The summed E-state index contributed by atoms with van der Waals surface area (Å²) in [5.74, 6) is 1.51. The number of halogens is 2. The molecule has 0 saturated carbocycles. The van der Waals surface area contributed by atoms with E-state index in [9.17, 15) is 0 Å². The molecular formula is C19H28Cl2N2. The summed E-state index contributed by atoms with van der Waals surface area (Å²) in [4.78, 5) is 5.21. The summed E-state index contributed by atoms with van der Waals surface area (Å²) in [6, 6.07) is 6.90.